The van der Waals surface area contributed by atoms with Crippen molar-refractivity contribution in [2.45, 2.75) is 18.5 Å². The van der Waals surface area contributed by atoms with Crippen molar-refractivity contribution in [2.75, 3.05) is 13.2 Å². The molecule has 2 bridgehead atoms. The summed E-state index contributed by atoms with van der Waals surface area (Å²) in [5, 5.41) is 6.22. The molecule has 2 aliphatic heterocycles. The van der Waals surface area contributed by atoms with E-state index in [0.29, 0.717) is 12.1 Å². The SMILES string of the molecule is C1=C(c2ccc(-n3c4ccccc4c4ccccc43)cc2)CC2COCC1N2. The lowest BCUT2D eigenvalue weighted by Crippen LogP contribution is -2.50. The molecule has 138 valence electrons. The smallest absolute Gasteiger partial charge is 0.0656 e. The Morgan fingerprint density at radius 1 is 0.786 bits per heavy atom. The van der Waals surface area contributed by atoms with Crippen molar-refractivity contribution in [3.05, 3.63) is 84.4 Å². The van der Waals surface area contributed by atoms with Crippen LogP contribution in [0.2, 0.25) is 0 Å². The summed E-state index contributed by atoms with van der Waals surface area (Å²) in [6, 6.07) is 27.1. The third kappa shape index (κ3) is 2.51. The molecule has 3 heterocycles. The topological polar surface area (TPSA) is 26.2 Å². The highest BCUT2D eigenvalue weighted by Gasteiger charge is 2.26. The Hall–Kier alpha value is -2.88. The molecule has 2 unspecified atom stereocenters. The van der Waals surface area contributed by atoms with Crippen molar-refractivity contribution in [3.63, 3.8) is 0 Å². The van der Waals surface area contributed by atoms with Gasteiger partial charge in [0, 0.05) is 28.5 Å². The fourth-order valence-corrected chi connectivity index (χ4v) is 4.77. The lowest BCUT2D eigenvalue weighted by molar-refractivity contribution is 0.0561. The Kier molecular flexibility index (Phi) is 3.64. The van der Waals surface area contributed by atoms with Crippen LogP contribution in [0.1, 0.15) is 12.0 Å². The molecule has 4 aromatic rings. The molecule has 2 aliphatic rings. The number of nitrogens with zero attached hydrogens (tertiary/aromatic N) is 1. The summed E-state index contributed by atoms with van der Waals surface area (Å²) in [6.45, 7) is 1.59. The third-order valence-corrected chi connectivity index (χ3v) is 6.01. The van der Waals surface area contributed by atoms with Crippen molar-refractivity contribution in [3.8, 4) is 5.69 Å². The first-order valence-corrected chi connectivity index (χ1v) is 10.0. The number of fused-ring (bicyclic) bond motifs is 5. The Morgan fingerprint density at radius 3 is 2.14 bits per heavy atom. The molecule has 0 saturated carbocycles. The normalized spacial score (nSPS) is 21.8. The van der Waals surface area contributed by atoms with E-state index in [-0.39, 0.29) is 0 Å². The standard InChI is InChI=1S/C25H22N2O/c1-3-7-24-22(5-1)23-6-2-4-8-25(23)27(24)21-11-9-17(10-12-21)18-13-19-15-28-16-20(14-18)26-19/h1-13,19-20,26H,14-16H2. The number of nitrogens with one attached hydrogen (secondary N) is 1. The van der Waals surface area contributed by atoms with Crippen molar-refractivity contribution in [2.24, 2.45) is 0 Å². The third-order valence-electron chi connectivity index (χ3n) is 6.01. The van der Waals surface area contributed by atoms with E-state index in [9.17, 15) is 0 Å². The van der Waals surface area contributed by atoms with Gasteiger partial charge in [-0.25, -0.2) is 0 Å². The Morgan fingerprint density at radius 2 is 1.46 bits per heavy atom. The van der Waals surface area contributed by atoms with E-state index < -0.39 is 0 Å². The van der Waals surface area contributed by atoms with E-state index >= 15 is 0 Å². The molecule has 0 radical (unpaired) electrons. The van der Waals surface area contributed by atoms with Gasteiger partial charge in [-0.2, -0.15) is 0 Å². The highest BCUT2D eigenvalue weighted by atomic mass is 16.5. The number of ether oxygens (including phenoxy) is 1. The van der Waals surface area contributed by atoms with Gasteiger partial charge in [0.05, 0.1) is 24.2 Å². The number of para-hydroxylation sites is 2. The number of rotatable bonds is 2. The first kappa shape index (κ1) is 16.1. The van der Waals surface area contributed by atoms with Gasteiger partial charge in [-0.15, -0.1) is 0 Å². The quantitative estimate of drug-likeness (QED) is 0.544. The molecule has 0 aliphatic carbocycles. The summed E-state index contributed by atoms with van der Waals surface area (Å²) in [5.41, 5.74) is 6.47. The van der Waals surface area contributed by atoms with Gasteiger partial charge >= 0.3 is 0 Å². The van der Waals surface area contributed by atoms with Crippen LogP contribution in [-0.4, -0.2) is 29.9 Å². The lowest BCUT2D eigenvalue weighted by Gasteiger charge is -2.35. The van der Waals surface area contributed by atoms with E-state index in [2.05, 4.69) is 88.8 Å². The van der Waals surface area contributed by atoms with Crippen LogP contribution in [-0.2, 0) is 4.74 Å². The average molecular weight is 366 g/mol. The summed E-state index contributed by atoms with van der Waals surface area (Å²) in [5.74, 6) is 0. The molecule has 3 nitrogen and oxygen atoms in total. The number of aromatic nitrogens is 1. The van der Waals surface area contributed by atoms with Crippen LogP contribution in [0.25, 0.3) is 33.1 Å². The lowest BCUT2D eigenvalue weighted by atomic mass is 9.91. The van der Waals surface area contributed by atoms with Crippen LogP contribution in [0.4, 0.5) is 0 Å². The van der Waals surface area contributed by atoms with Gasteiger partial charge < -0.3 is 14.6 Å². The van der Waals surface area contributed by atoms with Gasteiger partial charge in [-0.3, -0.25) is 0 Å². The van der Waals surface area contributed by atoms with E-state index in [1.165, 1.54) is 38.6 Å². The second kappa shape index (κ2) is 6.33. The zero-order valence-electron chi connectivity index (χ0n) is 15.6. The molecule has 1 fully saturated rings. The van der Waals surface area contributed by atoms with E-state index in [0.717, 1.165) is 19.6 Å². The van der Waals surface area contributed by atoms with Crippen molar-refractivity contribution in [1.29, 1.82) is 0 Å². The predicted octanol–water partition coefficient (Wildman–Crippen LogP) is 4.93. The number of hydrogen-bond donors (Lipinski definition) is 1. The first-order chi connectivity index (χ1) is 13.9. The zero-order valence-corrected chi connectivity index (χ0v) is 15.6. The maximum atomic E-state index is 5.66. The minimum Gasteiger partial charge on any atom is -0.378 e. The van der Waals surface area contributed by atoms with Crippen LogP contribution < -0.4 is 5.32 Å². The molecule has 0 spiro atoms. The van der Waals surface area contributed by atoms with Crippen molar-refractivity contribution in [1.82, 2.24) is 9.88 Å². The van der Waals surface area contributed by atoms with Crippen LogP contribution in [0.15, 0.2) is 78.9 Å². The average Bonchev–Trinajstić information content (AvgIpc) is 3.08. The summed E-state index contributed by atoms with van der Waals surface area (Å²) in [4.78, 5) is 0. The molecular formula is C25H22N2O. The van der Waals surface area contributed by atoms with Crippen molar-refractivity contribution >= 4 is 27.4 Å². The zero-order chi connectivity index (χ0) is 18.5. The summed E-state index contributed by atoms with van der Waals surface area (Å²) in [6.07, 6.45) is 3.37. The van der Waals surface area contributed by atoms with Crippen LogP contribution in [0, 0.1) is 0 Å². The molecule has 2 atom stereocenters. The number of hydrogen-bond acceptors (Lipinski definition) is 2. The fraction of sp³-hybridized carbons (Fsp3) is 0.200. The highest BCUT2D eigenvalue weighted by molar-refractivity contribution is 6.09. The molecule has 3 heteroatoms. The van der Waals surface area contributed by atoms with E-state index in [4.69, 9.17) is 4.74 Å². The molecule has 28 heavy (non-hydrogen) atoms. The number of benzene rings is 3. The minimum absolute atomic E-state index is 0.347. The van der Waals surface area contributed by atoms with Crippen molar-refractivity contribution < 1.29 is 4.74 Å². The van der Waals surface area contributed by atoms with Gasteiger partial charge in [-0.05, 0) is 41.8 Å². The minimum atomic E-state index is 0.347. The maximum Gasteiger partial charge on any atom is 0.0656 e. The molecular weight excluding hydrogens is 344 g/mol. The second-order valence-electron chi connectivity index (χ2n) is 7.82. The largest absolute Gasteiger partial charge is 0.378 e. The Bertz CT molecular complexity index is 1150. The van der Waals surface area contributed by atoms with Gasteiger partial charge in [0.2, 0.25) is 0 Å². The van der Waals surface area contributed by atoms with E-state index in [1.807, 2.05) is 0 Å². The molecule has 1 saturated heterocycles. The van der Waals surface area contributed by atoms with Crippen LogP contribution in [0.3, 0.4) is 0 Å². The molecule has 3 aromatic carbocycles. The maximum absolute atomic E-state index is 5.66. The van der Waals surface area contributed by atoms with Gasteiger partial charge in [0.15, 0.2) is 0 Å². The monoisotopic (exact) mass is 366 g/mol. The van der Waals surface area contributed by atoms with Crippen LogP contribution >= 0.6 is 0 Å². The first-order valence-electron chi connectivity index (χ1n) is 10.0. The number of morpholine rings is 1. The molecule has 6 rings (SSSR count). The predicted molar refractivity (Wildman–Crippen MR) is 115 cm³/mol. The van der Waals surface area contributed by atoms with Gasteiger partial charge in [-0.1, -0.05) is 54.6 Å². The fourth-order valence-electron chi connectivity index (χ4n) is 4.77. The van der Waals surface area contributed by atoms with Crippen LogP contribution in [0.5, 0.6) is 0 Å². The second-order valence-corrected chi connectivity index (χ2v) is 7.82. The Balaban J connectivity index is 1.45. The summed E-state index contributed by atoms with van der Waals surface area (Å²) < 4.78 is 8.03. The Labute approximate surface area is 164 Å². The summed E-state index contributed by atoms with van der Waals surface area (Å²) in [7, 11) is 0. The summed E-state index contributed by atoms with van der Waals surface area (Å²) >= 11 is 0. The van der Waals surface area contributed by atoms with Gasteiger partial charge in [0.25, 0.3) is 0 Å². The van der Waals surface area contributed by atoms with Gasteiger partial charge in [0.1, 0.15) is 0 Å². The molecule has 0 amide bonds. The molecule has 1 aromatic heterocycles. The molecule has 1 N–H and O–H groups in total. The highest BCUT2D eigenvalue weighted by Crippen LogP contribution is 2.33. The van der Waals surface area contributed by atoms with E-state index in [1.54, 1.807) is 0 Å².